The largest absolute Gasteiger partial charge is 0.495 e. The van der Waals surface area contributed by atoms with Crippen LogP contribution in [0.25, 0.3) is 10.1 Å². The van der Waals surface area contributed by atoms with Crippen LogP contribution in [-0.2, 0) is 11.2 Å². The Kier molecular flexibility index (Phi) is 10.0. The highest BCUT2D eigenvalue weighted by Crippen LogP contribution is 2.40. The Hall–Kier alpha value is -3.46. The highest BCUT2D eigenvalue weighted by atomic mass is 32.1. The van der Waals surface area contributed by atoms with Gasteiger partial charge in [-0.3, -0.25) is 9.69 Å². The predicted molar refractivity (Wildman–Crippen MR) is 165 cm³/mol. The van der Waals surface area contributed by atoms with Gasteiger partial charge in [-0.25, -0.2) is 0 Å². The highest BCUT2D eigenvalue weighted by Gasteiger charge is 2.32. The summed E-state index contributed by atoms with van der Waals surface area (Å²) in [4.78, 5) is 14.9. The molecule has 0 spiro atoms. The summed E-state index contributed by atoms with van der Waals surface area (Å²) in [7, 11) is 3.05. The van der Waals surface area contributed by atoms with Gasteiger partial charge in [-0.2, -0.15) is 13.2 Å². The third-order valence-corrected chi connectivity index (χ3v) is 9.27. The number of methoxy groups -OCH3 is 1. The molecule has 2 fully saturated rings. The van der Waals surface area contributed by atoms with Gasteiger partial charge in [0.25, 0.3) is 5.91 Å². The number of anilines is 2. The number of carbonyl (C=O) groups excluding carboxylic acids is 1. The first-order valence-electron chi connectivity index (χ1n) is 14.6. The number of fused-ring (bicyclic) bond motifs is 1. The molecule has 1 aliphatic heterocycles. The number of nitrogens with zero attached hydrogens (tertiary/aromatic N) is 1. The van der Waals surface area contributed by atoms with Crippen LogP contribution in [-0.4, -0.2) is 76.1 Å². The SMILES string of the molecule is CNC(=O)c1ccc(NCC#Cc2sc3c(NC4CCC(N5CCOCC5)CC4)cccc3c2CC(F)(F)F)c(OC)c1. The van der Waals surface area contributed by atoms with Crippen molar-refractivity contribution in [3.63, 3.8) is 0 Å². The van der Waals surface area contributed by atoms with Crippen molar-refractivity contribution in [3.8, 4) is 17.6 Å². The number of benzene rings is 2. The molecule has 2 heterocycles. The second-order valence-electron chi connectivity index (χ2n) is 10.8. The molecule has 11 heteroatoms. The van der Waals surface area contributed by atoms with Gasteiger partial charge in [0.2, 0.25) is 0 Å². The molecule has 3 N–H and O–H groups in total. The normalized spacial score (nSPS) is 19.4. The number of morpholine rings is 1. The minimum atomic E-state index is -4.36. The molecule has 1 aliphatic carbocycles. The fraction of sp³-hybridized carbons (Fsp3) is 0.469. The molecule has 0 unspecified atom stereocenters. The van der Waals surface area contributed by atoms with Crippen molar-refractivity contribution in [2.24, 2.45) is 0 Å². The van der Waals surface area contributed by atoms with Gasteiger partial charge in [0.15, 0.2) is 0 Å². The summed E-state index contributed by atoms with van der Waals surface area (Å²) in [5, 5.41) is 9.96. The second kappa shape index (κ2) is 13.9. The minimum absolute atomic E-state index is 0.187. The van der Waals surface area contributed by atoms with Crippen molar-refractivity contribution in [2.75, 3.05) is 57.6 Å². The lowest BCUT2D eigenvalue weighted by molar-refractivity contribution is -0.126. The topological polar surface area (TPSA) is 74.9 Å². The van der Waals surface area contributed by atoms with Crippen molar-refractivity contribution in [3.05, 3.63) is 52.4 Å². The number of hydrogen-bond acceptors (Lipinski definition) is 7. The van der Waals surface area contributed by atoms with Crippen LogP contribution >= 0.6 is 11.3 Å². The van der Waals surface area contributed by atoms with Gasteiger partial charge >= 0.3 is 6.18 Å². The summed E-state index contributed by atoms with van der Waals surface area (Å²) in [6.07, 6.45) is -1.16. The monoisotopic (exact) mass is 614 g/mol. The summed E-state index contributed by atoms with van der Waals surface area (Å²) in [6, 6.07) is 11.4. The van der Waals surface area contributed by atoms with Gasteiger partial charge in [-0.1, -0.05) is 24.0 Å². The fourth-order valence-electron chi connectivity index (χ4n) is 5.90. The lowest BCUT2D eigenvalue weighted by Crippen LogP contribution is -2.46. The number of amides is 1. The molecule has 1 saturated heterocycles. The van der Waals surface area contributed by atoms with Crippen LogP contribution in [0, 0.1) is 11.8 Å². The zero-order valence-electron chi connectivity index (χ0n) is 24.4. The molecule has 230 valence electrons. The van der Waals surface area contributed by atoms with E-state index in [0.717, 1.165) is 62.4 Å². The summed E-state index contributed by atoms with van der Waals surface area (Å²) in [5.74, 6) is 6.22. The predicted octanol–water partition coefficient (Wildman–Crippen LogP) is 5.89. The van der Waals surface area contributed by atoms with Gasteiger partial charge < -0.3 is 25.4 Å². The van der Waals surface area contributed by atoms with Crippen molar-refractivity contribution in [1.29, 1.82) is 0 Å². The number of thiophene rings is 1. The lowest BCUT2D eigenvalue weighted by atomic mass is 9.89. The van der Waals surface area contributed by atoms with E-state index in [2.05, 4.69) is 32.7 Å². The van der Waals surface area contributed by atoms with E-state index in [9.17, 15) is 18.0 Å². The number of halogens is 3. The zero-order chi connectivity index (χ0) is 30.4. The average molecular weight is 615 g/mol. The Labute approximate surface area is 254 Å². The molecule has 1 aromatic heterocycles. The standard InChI is InChI=1S/C32H37F3N4O3S/c1-36-31(40)21-8-13-26(28(19-21)41-2)37-14-4-7-29-25(20-32(33,34)35)24-5-3-6-27(30(24)43-29)38-22-9-11-23(12-10-22)39-15-17-42-18-16-39/h3,5-6,8,13,19,22-23,37-38H,9-12,14-18,20H2,1-2H3,(H,36,40). The molecule has 1 saturated carbocycles. The molecule has 3 aromatic rings. The summed E-state index contributed by atoms with van der Waals surface area (Å²) in [6.45, 7) is 3.74. The first-order valence-corrected chi connectivity index (χ1v) is 15.4. The molecular formula is C32H37F3N4O3S. The lowest BCUT2D eigenvalue weighted by Gasteiger charge is -2.39. The van der Waals surface area contributed by atoms with Crippen LogP contribution in [0.2, 0.25) is 0 Å². The number of alkyl halides is 3. The van der Waals surface area contributed by atoms with Crippen molar-refractivity contribution in [1.82, 2.24) is 10.2 Å². The van der Waals surface area contributed by atoms with E-state index in [1.807, 2.05) is 12.1 Å². The van der Waals surface area contributed by atoms with E-state index < -0.39 is 12.6 Å². The minimum Gasteiger partial charge on any atom is -0.495 e. The van der Waals surface area contributed by atoms with Crippen molar-refractivity contribution in [2.45, 2.75) is 50.4 Å². The molecule has 5 rings (SSSR count). The average Bonchev–Trinajstić information content (AvgIpc) is 3.36. The number of carbonyl (C=O) groups is 1. The molecule has 0 bridgehead atoms. The van der Waals surface area contributed by atoms with Crippen molar-refractivity contribution >= 4 is 38.7 Å². The Morgan fingerprint density at radius 1 is 1.12 bits per heavy atom. The Morgan fingerprint density at radius 2 is 1.88 bits per heavy atom. The summed E-state index contributed by atoms with van der Waals surface area (Å²) in [5.41, 5.74) is 2.17. The van der Waals surface area contributed by atoms with E-state index >= 15 is 0 Å². The number of ether oxygens (including phenoxy) is 2. The molecule has 1 amide bonds. The summed E-state index contributed by atoms with van der Waals surface area (Å²) >= 11 is 1.31. The van der Waals surface area contributed by atoms with E-state index in [1.54, 1.807) is 31.3 Å². The van der Waals surface area contributed by atoms with Gasteiger partial charge in [-0.15, -0.1) is 11.3 Å². The zero-order valence-corrected chi connectivity index (χ0v) is 25.2. The van der Waals surface area contributed by atoms with Gasteiger partial charge in [0.05, 0.1) is 54.2 Å². The van der Waals surface area contributed by atoms with Crippen LogP contribution < -0.4 is 20.7 Å². The first-order chi connectivity index (χ1) is 20.8. The van der Waals surface area contributed by atoms with Crippen LogP contribution in [0.15, 0.2) is 36.4 Å². The van der Waals surface area contributed by atoms with Crippen LogP contribution in [0.1, 0.15) is 46.5 Å². The van der Waals surface area contributed by atoms with Gasteiger partial charge in [-0.05, 0) is 60.9 Å². The molecule has 7 nitrogen and oxygen atoms in total. The third-order valence-electron chi connectivity index (χ3n) is 8.07. The second-order valence-corrected chi connectivity index (χ2v) is 11.9. The Bertz CT molecular complexity index is 1480. The Balaban J connectivity index is 1.32. The maximum Gasteiger partial charge on any atom is 0.393 e. The first kappa shape index (κ1) is 31.0. The maximum atomic E-state index is 13.7. The summed E-state index contributed by atoms with van der Waals surface area (Å²) < 4.78 is 52.7. The van der Waals surface area contributed by atoms with Crippen LogP contribution in [0.5, 0.6) is 5.75 Å². The number of hydrogen-bond donors (Lipinski definition) is 3. The fourth-order valence-corrected chi connectivity index (χ4v) is 7.07. The molecule has 0 radical (unpaired) electrons. The highest BCUT2D eigenvalue weighted by molar-refractivity contribution is 7.20. The number of rotatable bonds is 8. The Morgan fingerprint density at radius 3 is 2.58 bits per heavy atom. The molecule has 0 atom stereocenters. The van der Waals surface area contributed by atoms with E-state index in [4.69, 9.17) is 9.47 Å². The molecule has 2 aromatic carbocycles. The van der Waals surface area contributed by atoms with Crippen LogP contribution in [0.4, 0.5) is 24.5 Å². The smallest absolute Gasteiger partial charge is 0.393 e. The quantitative estimate of drug-likeness (QED) is 0.275. The van der Waals surface area contributed by atoms with E-state index in [-0.39, 0.29) is 24.1 Å². The third kappa shape index (κ3) is 7.74. The maximum absolute atomic E-state index is 13.7. The van der Waals surface area contributed by atoms with Gasteiger partial charge in [0, 0.05) is 37.8 Å². The van der Waals surface area contributed by atoms with Crippen LogP contribution in [0.3, 0.4) is 0 Å². The van der Waals surface area contributed by atoms with Crippen molar-refractivity contribution < 1.29 is 27.4 Å². The molecular weight excluding hydrogens is 577 g/mol. The van der Waals surface area contributed by atoms with E-state index in [1.165, 1.54) is 18.4 Å². The molecule has 2 aliphatic rings. The van der Waals surface area contributed by atoms with E-state index in [0.29, 0.717) is 33.3 Å². The van der Waals surface area contributed by atoms with Gasteiger partial charge in [0.1, 0.15) is 5.75 Å². The molecule has 43 heavy (non-hydrogen) atoms. The number of nitrogens with one attached hydrogen (secondary N) is 3.